The second kappa shape index (κ2) is 4.99. The van der Waals surface area contributed by atoms with Crippen molar-refractivity contribution in [3.8, 4) is 0 Å². The molecule has 0 aromatic rings. The summed E-state index contributed by atoms with van der Waals surface area (Å²) in [6, 6.07) is 0. The van der Waals surface area contributed by atoms with Crippen LogP contribution in [0, 0.1) is 5.41 Å². The van der Waals surface area contributed by atoms with Crippen molar-refractivity contribution in [3.63, 3.8) is 0 Å². The van der Waals surface area contributed by atoms with Crippen molar-refractivity contribution in [1.82, 2.24) is 0 Å². The molecule has 1 fully saturated rings. The molecule has 1 aliphatic carbocycles. The zero-order chi connectivity index (χ0) is 11.5. The lowest BCUT2D eigenvalue weighted by Gasteiger charge is -2.30. The lowest BCUT2D eigenvalue weighted by Crippen LogP contribution is -2.40. The number of aliphatic hydroxyl groups is 1. The Balaban J connectivity index is 2.61. The third-order valence-electron chi connectivity index (χ3n) is 3.14. The van der Waals surface area contributed by atoms with Gasteiger partial charge in [-0.15, -0.1) is 0 Å². The van der Waals surface area contributed by atoms with Gasteiger partial charge in [0, 0.05) is 4.43 Å². The molecule has 0 bridgehead atoms. The number of aliphatic hydroxyl groups excluding tert-OH is 1. The van der Waals surface area contributed by atoms with Crippen molar-refractivity contribution < 1.29 is 14.6 Å². The standard InChI is InChI=1S/C11H19IO3/c1-10(7-12,8-13)9(14)15-11(2)5-3-4-6-11/h13H,3-8H2,1-2H3. The molecule has 1 unspecified atom stereocenters. The van der Waals surface area contributed by atoms with E-state index in [0.29, 0.717) is 4.43 Å². The molecule has 0 spiro atoms. The molecule has 1 N–H and O–H groups in total. The van der Waals surface area contributed by atoms with E-state index in [0.717, 1.165) is 25.7 Å². The first-order valence-corrected chi connectivity index (χ1v) is 6.89. The van der Waals surface area contributed by atoms with Crippen LogP contribution >= 0.6 is 22.6 Å². The Morgan fingerprint density at radius 3 is 2.47 bits per heavy atom. The Morgan fingerprint density at radius 1 is 1.53 bits per heavy atom. The molecule has 0 saturated heterocycles. The molecule has 0 aliphatic heterocycles. The van der Waals surface area contributed by atoms with Crippen LogP contribution in [0.4, 0.5) is 0 Å². The molecule has 0 radical (unpaired) electrons. The smallest absolute Gasteiger partial charge is 0.315 e. The average Bonchev–Trinajstić information content (AvgIpc) is 2.63. The van der Waals surface area contributed by atoms with Gasteiger partial charge in [0.2, 0.25) is 0 Å². The van der Waals surface area contributed by atoms with Gasteiger partial charge in [0.25, 0.3) is 0 Å². The number of carbonyl (C=O) groups is 1. The van der Waals surface area contributed by atoms with Gasteiger partial charge in [0.1, 0.15) is 5.60 Å². The molecule has 1 saturated carbocycles. The van der Waals surface area contributed by atoms with Crippen LogP contribution < -0.4 is 0 Å². The summed E-state index contributed by atoms with van der Waals surface area (Å²) in [5.41, 5.74) is -1.04. The second-order valence-corrected chi connectivity index (χ2v) is 5.66. The molecule has 1 atom stereocenters. The third-order valence-corrected chi connectivity index (χ3v) is 4.82. The summed E-state index contributed by atoms with van der Waals surface area (Å²) in [6.45, 7) is 3.59. The van der Waals surface area contributed by atoms with Crippen LogP contribution in [-0.2, 0) is 9.53 Å². The molecule has 0 aromatic carbocycles. The molecular formula is C11H19IO3. The number of esters is 1. The predicted octanol–water partition coefficient (Wildman–Crippen LogP) is 2.30. The van der Waals surface area contributed by atoms with Crippen LogP contribution in [0.5, 0.6) is 0 Å². The van der Waals surface area contributed by atoms with E-state index in [4.69, 9.17) is 4.74 Å². The summed E-state index contributed by atoms with van der Waals surface area (Å²) in [6.07, 6.45) is 4.15. The van der Waals surface area contributed by atoms with Crippen molar-refractivity contribution in [1.29, 1.82) is 0 Å². The van der Waals surface area contributed by atoms with E-state index in [2.05, 4.69) is 22.6 Å². The maximum Gasteiger partial charge on any atom is 0.315 e. The van der Waals surface area contributed by atoms with Gasteiger partial charge in [0.05, 0.1) is 12.0 Å². The quantitative estimate of drug-likeness (QED) is 0.490. The van der Waals surface area contributed by atoms with E-state index in [-0.39, 0.29) is 18.2 Å². The second-order valence-electron chi connectivity index (χ2n) is 4.90. The number of alkyl halides is 1. The minimum Gasteiger partial charge on any atom is -0.459 e. The topological polar surface area (TPSA) is 46.5 Å². The highest BCUT2D eigenvalue weighted by Crippen LogP contribution is 2.35. The summed E-state index contributed by atoms with van der Waals surface area (Å²) in [5.74, 6) is -0.260. The zero-order valence-electron chi connectivity index (χ0n) is 9.38. The fourth-order valence-corrected chi connectivity index (χ4v) is 2.29. The first-order chi connectivity index (χ1) is 6.96. The van der Waals surface area contributed by atoms with Crippen molar-refractivity contribution in [2.45, 2.75) is 45.1 Å². The molecule has 15 heavy (non-hydrogen) atoms. The van der Waals surface area contributed by atoms with Crippen LogP contribution in [0.15, 0.2) is 0 Å². The van der Waals surface area contributed by atoms with E-state index in [9.17, 15) is 9.90 Å². The van der Waals surface area contributed by atoms with E-state index in [1.807, 2.05) is 6.92 Å². The molecule has 0 amide bonds. The number of ether oxygens (including phenoxy) is 1. The van der Waals surface area contributed by atoms with Gasteiger partial charge in [-0.1, -0.05) is 22.6 Å². The lowest BCUT2D eigenvalue weighted by molar-refractivity contribution is -0.169. The van der Waals surface area contributed by atoms with Gasteiger partial charge in [0.15, 0.2) is 0 Å². The Bertz CT molecular complexity index is 230. The van der Waals surface area contributed by atoms with E-state index < -0.39 is 5.41 Å². The fraction of sp³-hybridized carbons (Fsp3) is 0.909. The van der Waals surface area contributed by atoms with Crippen LogP contribution in [0.3, 0.4) is 0 Å². The minimum atomic E-state index is -0.744. The Kier molecular flexibility index (Phi) is 4.40. The Hall–Kier alpha value is 0.160. The normalized spacial score (nSPS) is 23.5. The van der Waals surface area contributed by atoms with Gasteiger partial charge < -0.3 is 9.84 Å². The van der Waals surface area contributed by atoms with Crippen molar-refractivity contribution >= 4 is 28.6 Å². The van der Waals surface area contributed by atoms with Crippen LogP contribution in [0.2, 0.25) is 0 Å². The number of rotatable bonds is 4. The number of carbonyl (C=O) groups excluding carboxylic acids is 1. The Labute approximate surface area is 105 Å². The summed E-state index contributed by atoms with van der Waals surface area (Å²) in [4.78, 5) is 11.9. The summed E-state index contributed by atoms with van der Waals surface area (Å²) in [7, 11) is 0. The van der Waals surface area contributed by atoms with Gasteiger partial charge in [-0.25, -0.2) is 0 Å². The van der Waals surface area contributed by atoms with E-state index >= 15 is 0 Å². The SMILES string of the molecule is CC1(OC(=O)C(C)(CO)CI)CCCC1. The van der Waals surface area contributed by atoms with Gasteiger partial charge in [-0.05, 0) is 39.5 Å². The highest BCUT2D eigenvalue weighted by molar-refractivity contribution is 14.1. The molecule has 0 heterocycles. The molecule has 1 rings (SSSR count). The number of halogens is 1. The molecule has 0 aromatic heterocycles. The number of hydrogen-bond donors (Lipinski definition) is 1. The predicted molar refractivity (Wildman–Crippen MR) is 67.0 cm³/mol. The van der Waals surface area contributed by atoms with Crippen molar-refractivity contribution in [2.75, 3.05) is 11.0 Å². The molecule has 88 valence electrons. The monoisotopic (exact) mass is 326 g/mol. The van der Waals surface area contributed by atoms with Gasteiger partial charge in [-0.2, -0.15) is 0 Å². The van der Waals surface area contributed by atoms with E-state index in [1.54, 1.807) is 6.92 Å². The molecule has 3 nitrogen and oxygen atoms in total. The van der Waals surface area contributed by atoms with E-state index in [1.165, 1.54) is 0 Å². The highest BCUT2D eigenvalue weighted by Gasteiger charge is 2.40. The average molecular weight is 326 g/mol. The molecular weight excluding hydrogens is 307 g/mol. The van der Waals surface area contributed by atoms with Gasteiger partial charge >= 0.3 is 5.97 Å². The zero-order valence-corrected chi connectivity index (χ0v) is 11.5. The largest absolute Gasteiger partial charge is 0.459 e. The van der Waals surface area contributed by atoms with Crippen LogP contribution in [0.1, 0.15) is 39.5 Å². The highest BCUT2D eigenvalue weighted by atomic mass is 127. The van der Waals surface area contributed by atoms with Crippen LogP contribution in [-0.4, -0.2) is 27.7 Å². The number of hydrogen-bond acceptors (Lipinski definition) is 3. The molecule has 1 aliphatic rings. The third kappa shape index (κ3) is 3.06. The maximum atomic E-state index is 11.9. The summed E-state index contributed by atoms with van der Waals surface area (Å²) >= 11 is 2.11. The molecule has 4 heteroatoms. The minimum absolute atomic E-state index is 0.148. The van der Waals surface area contributed by atoms with Crippen LogP contribution in [0.25, 0.3) is 0 Å². The van der Waals surface area contributed by atoms with Crippen molar-refractivity contribution in [3.05, 3.63) is 0 Å². The Morgan fingerprint density at radius 2 is 2.07 bits per heavy atom. The summed E-state index contributed by atoms with van der Waals surface area (Å²) in [5, 5.41) is 9.21. The first kappa shape index (κ1) is 13.2. The van der Waals surface area contributed by atoms with Crippen molar-refractivity contribution in [2.24, 2.45) is 5.41 Å². The maximum absolute atomic E-state index is 11.9. The van der Waals surface area contributed by atoms with Gasteiger partial charge in [-0.3, -0.25) is 4.79 Å². The summed E-state index contributed by atoms with van der Waals surface area (Å²) < 4.78 is 6.12. The lowest BCUT2D eigenvalue weighted by atomic mass is 9.94. The first-order valence-electron chi connectivity index (χ1n) is 5.36. The fourth-order valence-electron chi connectivity index (χ4n) is 1.73.